The van der Waals surface area contributed by atoms with Gasteiger partial charge in [-0.3, -0.25) is 14.9 Å². The highest BCUT2D eigenvalue weighted by atomic mass is 35.5. The molecule has 2 rings (SSSR count). The van der Waals surface area contributed by atoms with Gasteiger partial charge in [-0.25, -0.2) is 4.79 Å². The fraction of sp³-hybridized carbons (Fsp3) is 0.429. The number of amides is 1. The number of non-ortho nitro benzene ring substituents is 1. The van der Waals surface area contributed by atoms with Crippen LogP contribution in [0, 0.1) is 10.1 Å². The molecular weight excluding hydrogens is 342 g/mol. The fourth-order valence-electron chi connectivity index (χ4n) is 2.21. The normalized spacial score (nSPS) is 16.6. The molecule has 1 aromatic carbocycles. The summed E-state index contributed by atoms with van der Waals surface area (Å²) in [5.41, 5.74) is -0.139. The van der Waals surface area contributed by atoms with E-state index in [-0.39, 0.29) is 47.7 Å². The van der Waals surface area contributed by atoms with Gasteiger partial charge < -0.3 is 20.1 Å². The first kappa shape index (κ1) is 19.8. The van der Waals surface area contributed by atoms with Gasteiger partial charge in [0.25, 0.3) is 5.69 Å². The van der Waals surface area contributed by atoms with Crippen molar-refractivity contribution in [3.63, 3.8) is 0 Å². The van der Waals surface area contributed by atoms with Gasteiger partial charge in [0.1, 0.15) is 0 Å². The fourth-order valence-corrected chi connectivity index (χ4v) is 2.21. The molecule has 1 heterocycles. The van der Waals surface area contributed by atoms with E-state index in [9.17, 15) is 19.7 Å². The number of rotatable bonds is 5. The van der Waals surface area contributed by atoms with Crippen molar-refractivity contribution in [1.29, 1.82) is 0 Å². The molecule has 0 spiro atoms. The first-order valence-corrected chi connectivity index (χ1v) is 6.98. The summed E-state index contributed by atoms with van der Waals surface area (Å²) in [4.78, 5) is 33.9. The third kappa shape index (κ3) is 5.44. The second kappa shape index (κ2) is 9.16. The van der Waals surface area contributed by atoms with E-state index in [0.717, 1.165) is 6.07 Å². The lowest BCUT2D eigenvalue weighted by Gasteiger charge is -2.23. The van der Waals surface area contributed by atoms with Gasteiger partial charge in [-0.05, 0) is 6.07 Å². The summed E-state index contributed by atoms with van der Waals surface area (Å²) >= 11 is 0. The smallest absolute Gasteiger partial charge is 0.338 e. The summed E-state index contributed by atoms with van der Waals surface area (Å²) in [7, 11) is 1.17. The molecule has 1 aliphatic rings. The Balaban J connectivity index is 0.00000288. The highest BCUT2D eigenvalue weighted by Crippen LogP contribution is 2.22. The largest absolute Gasteiger partial charge is 0.465 e. The number of anilines is 1. The Bertz CT molecular complexity index is 619. The Morgan fingerprint density at radius 1 is 1.46 bits per heavy atom. The number of hydrogen-bond donors (Lipinski definition) is 2. The zero-order chi connectivity index (χ0) is 16.8. The zero-order valence-corrected chi connectivity index (χ0v) is 13.8. The van der Waals surface area contributed by atoms with Crippen LogP contribution in [0.15, 0.2) is 18.2 Å². The lowest BCUT2D eigenvalue weighted by molar-refractivity contribution is -0.384. The number of hydrogen-bond acceptors (Lipinski definition) is 7. The average Bonchev–Trinajstić information content (AvgIpc) is 2.54. The van der Waals surface area contributed by atoms with Crippen LogP contribution in [0.4, 0.5) is 11.4 Å². The van der Waals surface area contributed by atoms with Crippen molar-refractivity contribution >= 4 is 35.7 Å². The molecule has 1 fully saturated rings. The summed E-state index contributed by atoms with van der Waals surface area (Å²) in [6.45, 7) is 1.70. The predicted molar refractivity (Wildman–Crippen MR) is 87.5 cm³/mol. The number of halogens is 1. The molecule has 1 atom stereocenters. The van der Waals surface area contributed by atoms with Gasteiger partial charge in [-0.2, -0.15) is 0 Å². The second-order valence-corrected chi connectivity index (χ2v) is 5.00. The molecule has 1 aliphatic heterocycles. The maximum absolute atomic E-state index is 12.0. The van der Waals surface area contributed by atoms with Crippen LogP contribution in [0.1, 0.15) is 16.8 Å². The summed E-state index contributed by atoms with van der Waals surface area (Å²) in [6, 6.07) is 3.51. The molecule has 132 valence electrons. The van der Waals surface area contributed by atoms with Crippen molar-refractivity contribution in [2.75, 3.05) is 32.2 Å². The number of morpholine rings is 1. The Labute approximate surface area is 144 Å². The Morgan fingerprint density at radius 2 is 2.21 bits per heavy atom. The predicted octanol–water partition coefficient (Wildman–Crippen LogP) is 1.12. The second-order valence-electron chi connectivity index (χ2n) is 5.00. The number of nitrogens with zero attached hydrogens (tertiary/aromatic N) is 1. The number of methoxy groups -OCH3 is 1. The zero-order valence-electron chi connectivity index (χ0n) is 12.9. The van der Waals surface area contributed by atoms with E-state index in [1.54, 1.807) is 0 Å². The lowest BCUT2D eigenvalue weighted by Crippen LogP contribution is -2.43. The Morgan fingerprint density at radius 3 is 2.79 bits per heavy atom. The van der Waals surface area contributed by atoms with Crippen LogP contribution in [-0.4, -0.2) is 49.7 Å². The van der Waals surface area contributed by atoms with Crippen molar-refractivity contribution in [2.24, 2.45) is 0 Å². The van der Waals surface area contributed by atoms with Gasteiger partial charge in [0.15, 0.2) is 0 Å². The molecule has 24 heavy (non-hydrogen) atoms. The van der Waals surface area contributed by atoms with Gasteiger partial charge >= 0.3 is 5.97 Å². The topological polar surface area (TPSA) is 120 Å². The number of nitro benzene ring substituents is 1. The van der Waals surface area contributed by atoms with E-state index >= 15 is 0 Å². The molecule has 1 aromatic rings. The highest BCUT2D eigenvalue weighted by molar-refractivity contribution is 5.95. The summed E-state index contributed by atoms with van der Waals surface area (Å²) in [6.07, 6.45) is 0.163. The van der Waals surface area contributed by atoms with E-state index in [1.165, 1.54) is 19.2 Å². The van der Waals surface area contributed by atoms with Crippen LogP contribution in [-0.2, 0) is 14.3 Å². The maximum atomic E-state index is 12.0. The molecule has 2 N–H and O–H groups in total. The van der Waals surface area contributed by atoms with E-state index in [4.69, 9.17) is 4.74 Å². The van der Waals surface area contributed by atoms with Crippen LogP contribution in [0.25, 0.3) is 0 Å². The SMILES string of the molecule is COC(=O)c1cc(NC(=O)CC2COCCN2)cc([N+](=O)[O-])c1.Cl. The first-order valence-electron chi connectivity index (χ1n) is 6.98. The van der Waals surface area contributed by atoms with Crippen LogP contribution < -0.4 is 10.6 Å². The number of carbonyl (C=O) groups excluding carboxylic acids is 2. The summed E-state index contributed by atoms with van der Waals surface area (Å²) in [5, 5.41) is 16.6. The maximum Gasteiger partial charge on any atom is 0.338 e. The standard InChI is InChI=1S/C14H17N3O6.ClH/c1-22-14(19)9-4-10(6-12(5-9)17(20)21)16-13(18)7-11-8-23-3-2-15-11;/h4-6,11,15H,2-3,7-8H2,1H3,(H,16,18);1H. The van der Waals surface area contributed by atoms with Gasteiger partial charge in [-0.1, -0.05) is 0 Å². The minimum atomic E-state index is -0.716. The number of ether oxygens (including phenoxy) is 2. The van der Waals surface area contributed by atoms with Gasteiger partial charge in [0, 0.05) is 36.8 Å². The van der Waals surface area contributed by atoms with Crippen molar-refractivity contribution in [2.45, 2.75) is 12.5 Å². The van der Waals surface area contributed by atoms with Crippen LogP contribution in [0.2, 0.25) is 0 Å². The molecule has 1 saturated heterocycles. The van der Waals surface area contributed by atoms with Gasteiger partial charge in [0.2, 0.25) is 5.91 Å². The van der Waals surface area contributed by atoms with E-state index in [1.807, 2.05) is 0 Å². The summed E-state index contributed by atoms with van der Waals surface area (Å²) < 4.78 is 9.81. The van der Waals surface area contributed by atoms with Gasteiger partial charge in [0.05, 0.1) is 30.8 Å². The molecule has 0 aromatic heterocycles. The van der Waals surface area contributed by atoms with Crippen molar-refractivity contribution in [3.8, 4) is 0 Å². The van der Waals surface area contributed by atoms with E-state index < -0.39 is 10.9 Å². The van der Waals surface area contributed by atoms with Crippen molar-refractivity contribution in [1.82, 2.24) is 5.32 Å². The van der Waals surface area contributed by atoms with Crippen LogP contribution in [0.3, 0.4) is 0 Å². The molecule has 0 aliphatic carbocycles. The minimum absolute atomic E-state index is 0. The van der Waals surface area contributed by atoms with E-state index in [0.29, 0.717) is 19.8 Å². The Hall–Kier alpha value is -2.23. The molecule has 0 saturated carbocycles. The van der Waals surface area contributed by atoms with Crippen LogP contribution in [0.5, 0.6) is 0 Å². The number of nitro groups is 1. The molecule has 1 unspecified atom stereocenters. The molecule has 0 radical (unpaired) electrons. The van der Waals surface area contributed by atoms with E-state index in [2.05, 4.69) is 15.4 Å². The molecule has 10 heteroatoms. The number of nitrogens with one attached hydrogen (secondary N) is 2. The quantitative estimate of drug-likeness (QED) is 0.459. The number of esters is 1. The lowest BCUT2D eigenvalue weighted by atomic mass is 10.1. The third-order valence-corrected chi connectivity index (χ3v) is 3.26. The van der Waals surface area contributed by atoms with Crippen LogP contribution >= 0.6 is 12.4 Å². The minimum Gasteiger partial charge on any atom is -0.465 e. The third-order valence-electron chi connectivity index (χ3n) is 3.26. The Kier molecular flexibility index (Phi) is 7.56. The molecule has 9 nitrogen and oxygen atoms in total. The number of carbonyl (C=O) groups is 2. The van der Waals surface area contributed by atoms with Gasteiger partial charge in [-0.15, -0.1) is 12.4 Å². The average molecular weight is 360 g/mol. The van der Waals surface area contributed by atoms with Crippen molar-refractivity contribution < 1.29 is 24.0 Å². The number of benzene rings is 1. The highest BCUT2D eigenvalue weighted by Gasteiger charge is 2.19. The first-order chi connectivity index (χ1) is 11.0. The monoisotopic (exact) mass is 359 g/mol. The summed E-state index contributed by atoms with van der Waals surface area (Å²) in [5.74, 6) is -1.05. The molecule has 0 bridgehead atoms. The van der Waals surface area contributed by atoms with Crippen molar-refractivity contribution in [3.05, 3.63) is 33.9 Å². The molecule has 1 amide bonds. The molecular formula is C14H18ClN3O6.